The van der Waals surface area contributed by atoms with Gasteiger partial charge in [0.25, 0.3) is 0 Å². The summed E-state index contributed by atoms with van der Waals surface area (Å²) in [5, 5.41) is 12.8. The summed E-state index contributed by atoms with van der Waals surface area (Å²) >= 11 is 0. The van der Waals surface area contributed by atoms with Gasteiger partial charge in [-0.25, -0.2) is 9.59 Å². The zero-order valence-corrected chi connectivity index (χ0v) is 15.8. The summed E-state index contributed by atoms with van der Waals surface area (Å²) in [6.45, 7) is 8.96. The van der Waals surface area contributed by atoms with Crippen molar-refractivity contribution in [3.8, 4) is 0 Å². The van der Waals surface area contributed by atoms with Crippen molar-refractivity contribution in [3.63, 3.8) is 0 Å². The molecule has 0 bridgehead atoms. The van der Waals surface area contributed by atoms with E-state index in [9.17, 15) is 14.7 Å². The fraction of sp³-hybridized carbons (Fsp3) is 0.333. The Morgan fingerprint density at radius 2 is 1.62 bits per heavy atom. The summed E-state index contributed by atoms with van der Waals surface area (Å²) in [6.07, 6.45) is -0.788. The van der Waals surface area contributed by atoms with E-state index in [0.29, 0.717) is 11.1 Å². The maximum atomic E-state index is 12.5. The molecule has 0 aliphatic carbocycles. The standard InChI is InChI=1S/C21H25NO4/c1-14-11-12-17(15(2)13-14)21(18(23)24,16-9-7-6-8-10-16)22-19(25)26-20(3,4)5/h6-13H,1-5H3,(H,22,25)(H,23,24). The number of carboxylic acids is 1. The molecule has 2 aromatic rings. The Bertz CT molecular complexity index is 809. The van der Waals surface area contributed by atoms with E-state index in [2.05, 4.69) is 5.32 Å². The Balaban J connectivity index is 2.67. The number of ether oxygens (including phenoxy) is 1. The molecule has 1 atom stereocenters. The van der Waals surface area contributed by atoms with Crippen LogP contribution in [-0.4, -0.2) is 22.8 Å². The largest absolute Gasteiger partial charge is 0.479 e. The van der Waals surface area contributed by atoms with Crippen molar-refractivity contribution >= 4 is 12.1 Å². The average molecular weight is 355 g/mol. The van der Waals surface area contributed by atoms with Gasteiger partial charge in [0.15, 0.2) is 5.54 Å². The summed E-state index contributed by atoms with van der Waals surface area (Å²) in [5.41, 5.74) is 0.232. The zero-order chi connectivity index (χ0) is 19.5. The molecule has 0 aliphatic rings. The number of carbonyl (C=O) groups is 2. The Hall–Kier alpha value is -2.82. The van der Waals surface area contributed by atoms with Crippen molar-refractivity contribution in [3.05, 3.63) is 70.8 Å². The molecule has 0 heterocycles. The van der Waals surface area contributed by atoms with Gasteiger partial charge in [-0.15, -0.1) is 0 Å². The number of hydrogen-bond donors (Lipinski definition) is 2. The molecule has 0 fully saturated rings. The van der Waals surface area contributed by atoms with Gasteiger partial charge in [-0.3, -0.25) is 5.32 Å². The smallest absolute Gasteiger partial charge is 0.409 e. The van der Waals surface area contributed by atoms with Crippen molar-refractivity contribution in [1.29, 1.82) is 0 Å². The summed E-state index contributed by atoms with van der Waals surface area (Å²) in [4.78, 5) is 25.0. The third-order valence-electron chi connectivity index (χ3n) is 4.00. The topological polar surface area (TPSA) is 75.6 Å². The van der Waals surface area contributed by atoms with E-state index in [0.717, 1.165) is 11.1 Å². The molecule has 0 aliphatic heterocycles. The van der Waals surface area contributed by atoms with Gasteiger partial charge < -0.3 is 9.84 Å². The minimum absolute atomic E-state index is 0.449. The van der Waals surface area contributed by atoms with Crippen LogP contribution < -0.4 is 5.32 Å². The number of hydrogen-bond acceptors (Lipinski definition) is 3. The lowest BCUT2D eigenvalue weighted by molar-refractivity contribution is -0.143. The zero-order valence-electron chi connectivity index (χ0n) is 15.8. The highest BCUT2D eigenvalue weighted by Crippen LogP contribution is 2.33. The summed E-state index contributed by atoms with van der Waals surface area (Å²) in [6, 6.07) is 14.1. The molecule has 2 N–H and O–H groups in total. The van der Waals surface area contributed by atoms with Gasteiger partial charge in [-0.2, -0.15) is 0 Å². The Labute approximate surface area is 154 Å². The second kappa shape index (κ2) is 7.20. The van der Waals surface area contributed by atoms with Crippen LogP contribution in [0.4, 0.5) is 4.79 Å². The molecular weight excluding hydrogens is 330 g/mol. The van der Waals surface area contributed by atoms with Crippen LogP contribution in [0.5, 0.6) is 0 Å². The number of alkyl carbamates (subject to hydrolysis) is 1. The van der Waals surface area contributed by atoms with Crippen LogP contribution >= 0.6 is 0 Å². The number of amides is 1. The van der Waals surface area contributed by atoms with Gasteiger partial charge in [0, 0.05) is 0 Å². The molecule has 5 heteroatoms. The van der Waals surface area contributed by atoms with Crippen LogP contribution in [0.1, 0.15) is 43.0 Å². The highest BCUT2D eigenvalue weighted by molar-refractivity contribution is 5.90. The number of nitrogens with one attached hydrogen (secondary N) is 1. The normalized spacial score (nSPS) is 13.6. The summed E-state index contributed by atoms with van der Waals surface area (Å²) in [7, 11) is 0. The molecule has 2 aromatic carbocycles. The average Bonchev–Trinajstić information content (AvgIpc) is 2.52. The van der Waals surface area contributed by atoms with Gasteiger partial charge in [0.2, 0.25) is 0 Å². The fourth-order valence-corrected chi connectivity index (χ4v) is 2.97. The lowest BCUT2D eigenvalue weighted by Crippen LogP contribution is -2.54. The number of carboxylic acid groups (broad SMARTS) is 1. The molecule has 2 rings (SSSR count). The van der Waals surface area contributed by atoms with E-state index in [-0.39, 0.29) is 0 Å². The van der Waals surface area contributed by atoms with E-state index in [1.165, 1.54) is 0 Å². The molecule has 1 unspecified atom stereocenters. The van der Waals surface area contributed by atoms with Crippen LogP contribution in [-0.2, 0) is 15.1 Å². The van der Waals surface area contributed by atoms with Crippen molar-refractivity contribution in [1.82, 2.24) is 5.32 Å². The minimum atomic E-state index is -1.75. The molecule has 0 saturated heterocycles. The quantitative estimate of drug-likeness (QED) is 0.864. The third kappa shape index (κ3) is 4.04. The molecule has 0 aromatic heterocycles. The predicted molar refractivity (Wildman–Crippen MR) is 100 cm³/mol. The molecule has 138 valence electrons. The molecule has 1 amide bonds. The second-order valence-corrected chi connectivity index (χ2v) is 7.37. The fourth-order valence-electron chi connectivity index (χ4n) is 2.97. The molecular formula is C21H25NO4. The van der Waals surface area contributed by atoms with Crippen molar-refractivity contribution in [2.45, 2.75) is 45.8 Å². The monoisotopic (exact) mass is 355 g/mol. The lowest BCUT2D eigenvalue weighted by atomic mass is 9.80. The number of rotatable bonds is 4. The first-order chi connectivity index (χ1) is 12.1. The molecule has 5 nitrogen and oxygen atoms in total. The van der Waals surface area contributed by atoms with Gasteiger partial charge in [-0.05, 0) is 51.3 Å². The first kappa shape index (κ1) is 19.5. The number of aliphatic carboxylic acids is 1. The van der Waals surface area contributed by atoms with E-state index >= 15 is 0 Å². The minimum Gasteiger partial charge on any atom is -0.479 e. The van der Waals surface area contributed by atoms with Crippen LogP contribution in [0.3, 0.4) is 0 Å². The number of carbonyl (C=O) groups excluding carboxylic acids is 1. The van der Waals surface area contributed by atoms with E-state index in [1.54, 1.807) is 57.2 Å². The van der Waals surface area contributed by atoms with Crippen molar-refractivity contribution < 1.29 is 19.4 Å². The van der Waals surface area contributed by atoms with Gasteiger partial charge in [-0.1, -0.05) is 54.1 Å². The van der Waals surface area contributed by atoms with Crippen LogP contribution in [0.2, 0.25) is 0 Å². The van der Waals surface area contributed by atoms with E-state index in [4.69, 9.17) is 4.74 Å². The Kier molecular flexibility index (Phi) is 5.40. The van der Waals surface area contributed by atoms with Gasteiger partial charge in [0.1, 0.15) is 5.60 Å². The lowest BCUT2D eigenvalue weighted by Gasteiger charge is -2.34. The summed E-state index contributed by atoms with van der Waals surface area (Å²) < 4.78 is 5.34. The van der Waals surface area contributed by atoms with E-state index in [1.807, 2.05) is 26.0 Å². The highest BCUT2D eigenvalue weighted by Gasteiger charge is 2.45. The highest BCUT2D eigenvalue weighted by atomic mass is 16.6. The third-order valence-corrected chi connectivity index (χ3v) is 4.00. The van der Waals surface area contributed by atoms with Crippen molar-refractivity contribution in [2.75, 3.05) is 0 Å². The number of aryl methyl sites for hydroxylation is 2. The summed E-state index contributed by atoms with van der Waals surface area (Å²) in [5.74, 6) is -1.18. The number of benzene rings is 2. The molecule has 0 radical (unpaired) electrons. The van der Waals surface area contributed by atoms with Gasteiger partial charge in [0.05, 0.1) is 0 Å². The molecule has 26 heavy (non-hydrogen) atoms. The van der Waals surface area contributed by atoms with Crippen molar-refractivity contribution in [2.24, 2.45) is 0 Å². The Morgan fingerprint density at radius 3 is 2.12 bits per heavy atom. The van der Waals surface area contributed by atoms with Crippen LogP contribution in [0.25, 0.3) is 0 Å². The van der Waals surface area contributed by atoms with E-state index < -0.39 is 23.2 Å². The Morgan fingerprint density at radius 1 is 1.00 bits per heavy atom. The first-order valence-corrected chi connectivity index (χ1v) is 8.44. The molecule has 0 spiro atoms. The van der Waals surface area contributed by atoms with Gasteiger partial charge >= 0.3 is 12.1 Å². The van der Waals surface area contributed by atoms with Crippen LogP contribution in [0, 0.1) is 13.8 Å². The second-order valence-electron chi connectivity index (χ2n) is 7.37. The maximum absolute atomic E-state index is 12.5. The SMILES string of the molecule is Cc1ccc(C(NC(=O)OC(C)(C)C)(C(=O)O)c2ccccc2)c(C)c1. The molecule has 0 saturated carbocycles. The van der Waals surface area contributed by atoms with Crippen LogP contribution in [0.15, 0.2) is 48.5 Å². The predicted octanol–water partition coefficient (Wildman–Crippen LogP) is 4.16. The first-order valence-electron chi connectivity index (χ1n) is 8.44. The maximum Gasteiger partial charge on any atom is 0.409 e.